The van der Waals surface area contributed by atoms with Crippen LogP contribution in [0.5, 0.6) is 0 Å². The van der Waals surface area contributed by atoms with E-state index in [0.717, 1.165) is 32.1 Å². The molecule has 132 valence electrons. The lowest BCUT2D eigenvalue weighted by Gasteiger charge is -2.57. The van der Waals surface area contributed by atoms with Gasteiger partial charge in [0.05, 0.1) is 13.0 Å². The highest BCUT2D eigenvalue weighted by Gasteiger charge is 2.60. The van der Waals surface area contributed by atoms with Crippen molar-refractivity contribution in [3.05, 3.63) is 11.6 Å². The van der Waals surface area contributed by atoms with Crippen molar-refractivity contribution in [1.82, 2.24) is 0 Å². The van der Waals surface area contributed by atoms with Crippen molar-refractivity contribution in [3.63, 3.8) is 0 Å². The number of methoxy groups -OCH3 is 1. The molecule has 3 fully saturated rings. The largest absolute Gasteiger partial charge is 0.469 e. The summed E-state index contributed by atoms with van der Waals surface area (Å²) in [5.74, 6) is 2.48. The Morgan fingerprint density at radius 3 is 2.62 bits per heavy atom. The average Bonchev–Trinajstić information content (AvgIpc) is 2.92. The molecule has 0 aromatic carbocycles. The van der Waals surface area contributed by atoms with Crippen LogP contribution in [-0.2, 0) is 14.3 Å². The number of ketones is 1. The minimum atomic E-state index is 0.00400. The first-order valence-electron chi connectivity index (χ1n) is 9.72. The molecule has 3 nitrogen and oxygen atoms in total. The lowest BCUT2D eigenvalue weighted by molar-refractivity contribution is -0.152. The van der Waals surface area contributed by atoms with Gasteiger partial charge in [-0.2, -0.15) is 0 Å². The molecular formula is C21H30O3. The van der Waals surface area contributed by atoms with Gasteiger partial charge in [-0.3, -0.25) is 9.59 Å². The summed E-state index contributed by atoms with van der Waals surface area (Å²) in [6.45, 7) is 4.76. The van der Waals surface area contributed by atoms with Gasteiger partial charge in [0, 0.05) is 6.42 Å². The van der Waals surface area contributed by atoms with Crippen LogP contribution < -0.4 is 0 Å². The van der Waals surface area contributed by atoms with E-state index in [2.05, 4.69) is 13.8 Å². The molecule has 4 aliphatic rings. The van der Waals surface area contributed by atoms with Crippen LogP contribution in [0.25, 0.3) is 0 Å². The van der Waals surface area contributed by atoms with Gasteiger partial charge >= 0.3 is 5.97 Å². The molecule has 0 amide bonds. The first kappa shape index (κ1) is 16.4. The first-order valence-corrected chi connectivity index (χ1v) is 9.72. The highest BCUT2D eigenvalue weighted by molar-refractivity contribution is 5.91. The first-order chi connectivity index (χ1) is 11.4. The van der Waals surface area contributed by atoms with E-state index in [1.54, 1.807) is 0 Å². The van der Waals surface area contributed by atoms with Crippen molar-refractivity contribution in [2.45, 2.75) is 65.2 Å². The summed E-state index contributed by atoms with van der Waals surface area (Å²) < 4.78 is 5.12. The molecule has 24 heavy (non-hydrogen) atoms. The molecule has 4 rings (SSSR count). The Balaban J connectivity index is 1.65. The molecule has 6 atom stereocenters. The highest BCUT2D eigenvalue weighted by Crippen LogP contribution is 2.66. The third kappa shape index (κ3) is 2.09. The molecule has 0 unspecified atom stereocenters. The Bertz CT molecular complexity index is 606. The third-order valence-corrected chi connectivity index (χ3v) is 8.45. The molecule has 0 saturated heterocycles. The topological polar surface area (TPSA) is 43.4 Å². The summed E-state index contributed by atoms with van der Waals surface area (Å²) in [7, 11) is 1.53. The van der Waals surface area contributed by atoms with Gasteiger partial charge in [0.15, 0.2) is 5.78 Å². The zero-order valence-electron chi connectivity index (χ0n) is 15.3. The van der Waals surface area contributed by atoms with Crippen LogP contribution in [0, 0.1) is 34.5 Å². The average molecular weight is 330 g/mol. The fraction of sp³-hybridized carbons (Fsp3) is 0.810. The molecule has 0 aliphatic heterocycles. The number of hydrogen-bond donors (Lipinski definition) is 0. The van der Waals surface area contributed by atoms with Crippen molar-refractivity contribution in [1.29, 1.82) is 0 Å². The van der Waals surface area contributed by atoms with E-state index in [1.165, 1.54) is 31.9 Å². The molecular weight excluding hydrogens is 300 g/mol. The summed E-state index contributed by atoms with van der Waals surface area (Å²) in [5.41, 5.74) is 1.77. The maximum absolute atomic E-state index is 12.3. The van der Waals surface area contributed by atoms with E-state index in [9.17, 15) is 9.59 Å². The van der Waals surface area contributed by atoms with E-state index < -0.39 is 0 Å². The van der Waals surface area contributed by atoms with E-state index in [0.29, 0.717) is 23.5 Å². The molecule has 4 aliphatic carbocycles. The van der Waals surface area contributed by atoms with Crippen LogP contribution in [0.2, 0.25) is 0 Å². The monoisotopic (exact) mass is 330 g/mol. The number of esters is 1. The van der Waals surface area contributed by atoms with Crippen LogP contribution in [0.3, 0.4) is 0 Å². The van der Waals surface area contributed by atoms with E-state index >= 15 is 0 Å². The predicted molar refractivity (Wildman–Crippen MR) is 92.2 cm³/mol. The maximum atomic E-state index is 12.3. The summed E-state index contributed by atoms with van der Waals surface area (Å²) in [5, 5.41) is 0. The minimum absolute atomic E-state index is 0.00400. The smallest absolute Gasteiger partial charge is 0.309 e. The van der Waals surface area contributed by atoms with Gasteiger partial charge in [-0.25, -0.2) is 0 Å². The minimum Gasteiger partial charge on any atom is -0.469 e. The molecule has 0 aromatic heterocycles. The number of fused-ring (bicyclic) bond motifs is 5. The van der Waals surface area contributed by atoms with Crippen LogP contribution >= 0.6 is 0 Å². The molecule has 0 heterocycles. The Hall–Kier alpha value is -1.12. The van der Waals surface area contributed by atoms with Gasteiger partial charge in [0.2, 0.25) is 0 Å². The molecule has 0 radical (unpaired) electrons. The van der Waals surface area contributed by atoms with Gasteiger partial charge in [-0.05, 0) is 79.6 Å². The maximum Gasteiger partial charge on any atom is 0.309 e. The molecule has 3 saturated carbocycles. The SMILES string of the molecule is COC(=O)[C@H]1CC[C@@H]2[C@@H]3CCC4=CC(=O)CC[C@]4(C)[C@H]3CC[C@]12C. The van der Waals surface area contributed by atoms with Gasteiger partial charge < -0.3 is 4.74 Å². The van der Waals surface area contributed by atoms with Crippen molar-refractivity contribution >= 4 is 11.8 Å². The summed E-state index contributed by atoms with van der Waals surface area (Å²) >= 11 is 0. The van der Waals surface area contributed by atoms with Gasteiger partial charge in [0.1, 0.15) is 0 Å². The van der Waals surface area contributed by atoms with Crippen LogP contribution in [0.15, 0.2) is 11.6 Å². The molecule has 0 bridgehead atoms. The van der Waals surface area contributed by atoms with Gasteiger partial charge in [0.25, 0.3) is 0 Å². The van der Waals surface area contributed by atoms with Crippen LogP contribution in [0.1, 0.15) is 65.2 Å². The number of carbonyl (C=O) groups excluding carboxylic acids is 2. The molecule has 0 N–H and O–H groups in total. The third-order valence-electron chi connectivity index (χ3n) is 8.45. The lowest BCUT2D eigenvalue weighted by Crippen LogP contribution is -2.51. The molecule has 3 heteroatoms. The van der Waals surface area contributed by atoms with Gasteiger partial charge in [-0.15, -0.1) is 0 Å². The van der Waals surface area contributed by atoms with Crippen molar-refractivity contribution in [2.24, 2.45) is 34.5 Å². The summed E-state index contributed by atoms with van der Waals surface area (Å²) in [6, 6.07) is 0. The predicted octanol–water partition coefficient (Wildman–Crippen LogP) is 4.31. The molecule has 0 aromatic rings. The Labute approximate surface area is 145 Å². The second-order valence-corrected chi connectivity index (χ2v) is 9.17. The van der Waals surface area contributed by atoms with E-state index in [4.69, 9.17) is 4.74 Å². The summed E-state index contributed by atoms with van der Waals surface area (Å²) in [6.07, 6.45) is 10.5. The number of hydrogen-bond acceptors (Lipinski definition) is 3. The second kappa shape index (κ2) is 5.44. The van der Waals surface area contributed by atoms with Crippen molar-refractivity contribution in [2.75, 3.05) is 7.11 Å². The van der Waals surface area contributed by atoms with E-state index in [-0.39, 0.29) is 22.7 Å². The fourth-order valence-corrected chi connectivity index (χ4v) is 7.09. The fourth-order valence-electron chi connectivity index (χ4n) is 7.09. The Morgan fingerprint density at radius 2 is 1.88 bits per heavy atom. The Kier molecular flexibility index (Phi) is 3.71. The lowest BCUT2D eigenvalue weighted by atomic mass is 9.47. The zero-order chi connectivity index (χ0) is 17.1. The normalized spacial score (nSPS) is 47.3. The van der Waals surface area contributed by atoms with Crippen molar-refractivity contribution in [3.8, 4) is 0 Å². The number of carbonyl (C=O) groups is 2. The standard InChI is InChI=1S/C21H30O3/c1-20-10-8-14(22)12-13(20)4-5-15-16-6-7-18(19(23)24-3)21(16,2)11-9-17(15)20/h12,15-18H,4-11H2,1-3H3/t15-,16+,17-,18+,20-,21-/m0/s1. The molecule has 0 spiro atoms. The number of allylic oxidation sites excluding steroid dienone is 1. The quantitative estimate of drug-likeness (QED) is 0.673. The number of rotatable bonds is 1. The van der Waals surface area contributed by atoms with E-state index in [1.807, 2.05) is 6.08 Å². The van der Waals surface area contributed by atoms with Crippen LogP contribution in [0.4, 0.5) is 0 Å². The summed E-state index contributed by atoms with van der Waals surface area (Å²) in [4.78, 5) is 24.2. The van der Waals surface area contributed by atoms with Gasteiger partial charge in [-0.1, -0.05) is 19.4 Å². The second-order valence-electron chi connectivity index (χ2n) is 9.17. The van der Waals surface area contributed by atoms with Crippen molar-refractivity contribution < 1.29 is 14.3 Å². The number of ether oxygens (including phenoxy) is 1. The highest BCUT2D eigenvalue weighted by atomic mass is 16.5. The van der Waals surface area contributed by atoms with Crippen LogP contribution in [-0.4, -0.2) is 18.9 Å². The Morgan fingerprint density at radius 1 is 1.08 bits per heavy atom. The zero-order valence-corrected chi connectivity index (χ0v) is 15.3.